The number of hydrogen-bond donors (Lipinski definition) is 1. The van der Waals surface area contributed by atoms with E-state index in [1.54, 1.807) is 0 Å². The molecule has 3 aromatic rings. The molecule has 0 bridgehead atoms. The Labute approximate surface area is 137 Å². The zero-order chi connectivity index (χ0) is 16.4. The van der Waals surface area contributed by atoms with E-state index in [0.29, 0.717) is 0 Å². The van der Waals surface area contributed by atoms with Gasteiger partial charge < -0.3 is 5.73 Å². The zero-order valence-electron chi connectivity index (χ0n) is 13.5. The molecule has 0 saturated carbocycles. The van der Waals surface area contributed by atoms with Crippen LogP contribution in [0.25, 0.3) is 16.5 Å². The van der Waals surface area contributed by atoms with Gasteiger partial charge in [-0.1, -0.05) is 42.5 Å². The minimum absolute atomic E-state index is 0.765. The molecule has 0 saturated heterocycles. The van der Waals surface area contributed by atoms with Crippen molar-refractivity contribution in [3.05, 3.63) is 89.6 Å². The third-order valence-electron chi connectivity index (χ3n) is 4.13. The molecule has 114 valence electrons. The van der Waals surface area contributed by atoms with Crippen LogP contribution in [0.3, 0.4) is 0 Å². The van der Waals surface area contributed by atoms with Crippen molar-refractivity contribution in [2.75, 3.05) is 5.73 Å². The van der Waals surface area contributed by atoms with E-state index in [1.165, 1.54) is 16.7 Å². The van der Waals surface area contributed by atoms with Gasteiger partial charge in [-0.15, -0.1) is 0 Å². The van der Waals surface area contributed by atoms with Crippen LogP contribution in [0, 0.1) is 0 Å². The first-order valence-electron chi connectivity index (χ1n) is 7.64. The lowest BCUT2D eigenvalue weighted by molar-refractivity contribution is 1.34. The fourth-order valence-corrected chi connectivity index (χ4v) is 2.75. The molecular weight excluding hydrogens is 280 g/mol. The van der Waals surface area contributed by atoms with Gasteiger partial charge in [-0.3, -0.25) is 4.98 Å². The second kappa shape index (κ2) is 6.09. The van der Waals surface area contributed by atoms with Gasteiger partial charge in [0.15, 0.2) is 0 Å². The van der Waals surface area contributed by atoms with Crippen LogP contribution in [0.2, 0.25) is 0 Å². The number of para-hydroxylation sites is 1. The van der Waals surface area contributed by atoms with Gasteiger partial charge in [-0.05, 0) is 60.4 Å². The number of nitrogens with zero attached hydrogens (tertiary/aromatic N) is 1. The number of benzene rings is 2. The molecular formula is C21H20N2. The number of nitrogen functional groups attached to an aromatic ring is 1. The molecule has 1 aromatic heterocycles. The maximum absolute atomic E-state index is 5.85. The van der Waals surface area contributed by atoms with E-state index in [1.807, 2.05) is 43.5 Å². The lowest BCUT2D eigenvalue weighted by Crippen LogP contribution is -1.96. The largest absolute Gasteiger partial charge is 0.399 e. The lowest BCUT2D eigenvalue weighted by atomic mass is 9.89. The van der Waals surface area contributed by atoms with Crippen molar-refractivity contribution in [3.8, 4) is 0 Å². The molecule has 0 spiro atoms. The second-order valence-corrected chi connectivity index (χ2v) is 5.78. The Bertz CT molecular complexity index is 897. The zero-order valence-corrected chi connectivity index (χ0v) is 13.5. The van der Waals surface area contributed by atoms with Crippen molar-refractivity contribution in [1.29, 1.82) is 0 Å². The summed E-state index contributed by atoms with van der Waals surface area (Å²) in [6, 6.07) is 18.3. The summed E-state index contributed by atoms with van der Waals surface area (Å²) in [5, 5.41) is 1.14. The summed E-state index contributed by atoms with van der Waals surface area (Å²) < 4.78 is 0. The highest BCUT2D eigenvalue weighted by Gasteiger charge is 2.13. The van der Waals surface area contributed by atoms with E-state index in [4.69, 9.17) is 5.73 Å². The number of allylic oxidation sites excluding steroid dienone is 2. The molecule has 0 fully saturated rings. The second-order valence-electron chi connectivity index (χ2n) is 5.78. The van der Waals surface area contributed by atoms with E-state index < -0.39 is 0 Å². The van der Waals surface area contributed by atoms with Gasteiger partial charge in [0.25, 0.3) is 0 Å². The number of fused-ring (bicyclic) bond motifs is 1. The Kier molecular flexibility index (Phi) is 3.98. The average Bonchev–Trinajstić information content (AvgIpc) is 2.57. The van der Waals surface area contributed by atoms with Gasteiger partial charge in [0.1, 0.15) is 0 Å². The van der Waals surface area contributed by atoms with Crippen molar-refractivity contribution in [3.63, 3.8) is 0 Å². The first-order chi connectivity index (χ1) is 11.1. The van der Waals surface area contributed by atoms with Gasteiger partial charge in [-0.25, -0.2) is 0 Å². The summed E-state index contributed by atoms with van der Waals surface area (Å²) in [5.74, 6) is 0. The van der Waals surface area contributed by atoms with Crippen LogP contribution in [0.1, 0.15) is 25.0 Å². The van der Waals surface area contributed by atoms with Crippen molar-refractivity contribution >= 4 is 22.2 Å². The smallest absolute Gasteiger partial charge is 0.0708 e. The highest BCUT2D eigenvalue weighted by molar-refractivity contribution is 5.97. The minimum Gasteiger partial charge on any atom is -0.399 e. The summed E-state index contributed by atoms with van der Waals surface area (Å²) >= 11 is 0. The molecule has 0 aliphatic carbocycles. The van der Waals surface area contributed by atoms with Crippen molar-refractivity contribution in [2.45, 2.75) is 13.8 Å². The molecule has 0 amide bonds. The third-order valence-corrected chi connectivity index (χ3v) is 4.13. The quantitative estimate of drug-likeness (QED) is 0.532. The van der Waals surface area contributed by atoms with Crippen LogP contribution in [-0.4, -0.2) is 4.98 Å². The Morgan fingerprint density at radius 2 is 1.65 bits per heavy atom. The molecule has 2 N–H and O–H groups in total. The van der Waals surface area contributed by atoms with Crippen molar-refractivity contribution < 1.29 is 0 Å². The van der Waals surface area contributed by atoms with Gasteiger partial charge in [0.05, 0.1) is 5.52 Å². The van der Waals surface area contributed by atoms with E-state index in [0.717, 1.165) is 27.7 Å². The molecule has 2 nitrogen and oxygen atoms in total. The average molecular weight is 300 g/mol. The monoisotopic (exact) mass is 300 g/mol. The Morgan fingerprint density at radius 1 is 0.957 bits per heavy atom. The molecule has 0 unspecified atom stereocenters. The summed E-state index contributed by atoms with van der Waals surface area (Å²) in [6.07, 6.45) is 1.86. The number of nitrogens with two attached hydrogens (primary N) is 1. The number of rotatable bonds is 3. The first kappa shape index (κ1) is 15.0. The van der Waals surface area contributed by atoms with Crippen molar-refractivity contribution in [2.24, 2.45) is 0 Å². The molecule has 2 aromatic carbocycles. The van der Waals surface area contributed by atoms with Gasteiger partial charge in [0.2, 0.25) is 0 Å². The van der Waals surface area contributed by atoms with E-state index >= 15 is 0 Å². The molecule has 1 heterocycles. The van der Waals surface area contributed by atoms with Crippen LogP contribution in [0.4, 0.5) is 5.69 Å². The van der Waals surface area contributed by atoms with E-state index in [-0.39, 0.29) is 0 Å². The van der Waals surface area contributed by atoms with E-state index in [2.05, 4.69) is 42.8 Å². The summed E-state index contributed by atoms with van der Waals surface area (Å²) in [4.78, 5) is 4.47. The summed E-state index contributed by atoms with van der Waals surface area (Å²) in [6.45, 7) is 8.28. The maximum atomic E-state index is 5.85. The number of pyridine rings is 1. The van der Waals surface area contributed by atoms with Gasteiger partial charge in [0, 0.05) is 17.3 Å². The SMILES string of the molecule is C=C(C)C(C)=C(c1ccc(N)cc1)c1ccnc2ccccc12. The fraction of sp³-hybridized carbons (Fsp3) is 0.0952. The molecule has 0 aliphatic heterocycles. The number of aromatic nitrogens is 1. The van der Waals surface area contributed by atoms with Gasteiger partial charge >= 0.3 is 0 Å². The van der Waals surface area contributed by atoms with Crippen LogP contribution in [-0.2, 0) is 0 Å². The standard InChI is InChI=1S/C21H20N2/c1-14(2)15(3)21(16-8-10-17(22)11-9-16)19-12-13-23-20-7-5-4-6-18(19)20/h4-13H,1,22H2,2-3H3. The molecule has 3 rings (SSSR count). The summed E-state index contributed by atoms with van der Waals surface area (Å²) in [5.41, 5.74) is 13.3. The van der Waals surface area contributed by atoms with Crippen LogP contribution >= 0.6 is 0 Å². The molecule has 2 heteroatoms. The van der Waals surface area contributed by atoms with E-state index in [9.17, 15) is 0 Å². The molecule has 0 aliphatic rings. The number of anilines is 1. The van der Waals surface area contributed by atoms with Crippen LogP contribution in [0.5, 0.6) is 0 Å². The molecule has 0 atom stereocenters. The maximum Gasteiger partial charge on any atom is 0.0708 e. The topological polar surface area (TPSA) is 38.9 Å². The number of hydrogen-bond acceptors (Lipinski definition) is 2. The Morgan fingerprint density at radius 3 is 2.35 bits per heavy atom. The Hall–Kier alpha value is -2.87. The molecule has 23 heavy (non-hydrogen) atoms. The van der Waals surface area contributed by atoms with Crippen LogP contribution in [0.15, 0.2) is 78.5 Å². The highest BCUT2D eigenvalue weighted by atomic mass is 14.6. The van der Waals surface area contributed by atoms with Gasteiger partial charge in [-0.2, -0.15) is 0 Å². The predicted octanol–water partition coefficient (Wildman–Crippen LogP) is 5.21. The minimum atomic E-state index is 0.765. The third kappa shape index (κ3) is 2.88. The highest BCUT2D eigenvalue weighted by Crippen LogP contribution is 2.33. The molecule has 0 radical (unpaired) electrons. The first-order valence-corrected chi connectivity index (χ1v) is 7.64. The fourth-order valence-electron chi connectivity index (χ4n) is 2.75. The summed E-state index contributed by atoms with van der Waals surface area (Å²) in [7, 11) is 0. The lowest BCUT2D eigenvalue weighted by Gasteiger charge is -2.16. The normalized spacial score (nSPS) is 12.1. The van der Waals surface area contributed by atoms with Crippen LogP contribution < -0.4 is 5.73 Å². The predicted molar refractivity (Wildman–Crippen MR) is 99.1 cm³/mol. The van der Waals surface area contributed by atoms with Crippen molar-refractivity contribution in [1.82, 2.24) is 4.98 Å². The Balaban J connectivity index is 2.34.